The van der Waals surface area contributed by atoms with Crippen molar-refractivity contribution in [1.82, 2.24) is 20.2 Å². The van der Waals surface area contributed by atoms with E-state index in [-0.39, 0.29) is 12.3 Å². The summed E-state index contributed by atoms with van der Waals surface area (Å²) >= 11 is 0. The quantitative estimate of drug-likeness (QED) is 0.650. The number of primary amides is 1. The Kier molecular flexibility index (Phi) is 5.40. The summed E-state index contributed by atoms with van der Waals surface area (Å²) in [6.07, 6.45) is 1.05. The van der Waals surface area contributed by atoms with E-state index in [1.54, 1.807) is 24.3 Å². The molecule has 0 aliphatic rings. The Morgan fingerprint density at radius 2 is 1.67 bits per heavy atom. The summed E-state index contributed by atoms with van der Waals surface area (Å²) in [7, 11) is 0. The minimum atomic E-state index is -0.497. The van der Waals surface area contributed by atoms with Crippen LogP contribution in [-0.4, -0.2) is 31.9 Å². The smallest absolute Gasteiger partial charge is 0.248 e. The lowest BCUT2D eigenvalue weighted by atomic mass is 9.97. The third-order valence-electron chi connectivity index (χ3n) is 4.58. The number of amides is 1. The van der Waals surface area contributed by atoms with E-state index in [2.05, 4.69) is 29.3 Å². The fraction of sp³-hybridized carbons (Fsp3) is 0.250. The average Bonchev–Trinajstić information content (AvgIpc) is 3.16. The van der Waals surface area contributed by atoms with E-state index in [9.17, 15) is 9.59 Å². The highest BCUT2D eigenvalue weighted by Gasteiger charge is 2.12. The zero-order valence-electron chi connectivity index (χ0n) is 15.3. The molecule has 3 rings (SSSR count). The minimum Gasteiger partial charge on any atom is -0.366 e. The first kappa shape index (κ1) is 18.4. The van der Waals surface area contributed by atoms with Crippen molar-refractivity contribution < 1.29 is 9.59 Å². The van der Waals surface area contributed by atoms with Crippen molar-refractivity contribution in [2.75, 3.05) is 0 Å². The minimum absolute atomic E-state index is 0.00898. The molecule has 1 heterocycles. The summed E-state index contributed by atoms with van der Waals surface area (Å²) in [6.45, 7) is 4.31. The van der Waals surface area contributed by atoms with Crippen molar-refractivity contribution in [2.24, 2.45) is 5.73 Å². The first-order valence-corrected chi connectivity index (χ1v) is 8.79. The number of carbonyl (C=O) groups excluding carboxylic acids is 2. The molecule has 27 heavy (non-hydrogen) atoms. The SMILES string of the molecule is CC[C@@H](C)c1ccc(C(=O)Cn2nnc(-c3ccc(C(N)=O)cc3)n2)cc1. The lowest BCUT2D eigenvalue weighted by Gasteiger charge is -2.09. The van der Waals surface area contributed by atoms with Gasteiger partial charge in [-0.1, -0.05) is 50.2 Å². The summed E-state index contributed by atoms with van der Waals surface area (Å²) in [5.74, 6) is 0.266. The third kappa shape index (κ3) is 4.25. The number of hydrogen-bond acceptors (Lipinski definition) is 5. The van der Waals surface area contributed by atoms with Crippen molar-refractivity contribution in [3.63, 3.8) is 0 Å². The molecule has 0 fully saturated rings. The van der Waals surface area contributed by atoms with Gasteiger partial charge in [-0.15, -0.1) is 10.2 Å². The molecule has 1 aromatic heterocycles. The van der Waals surface area contributed by atoms with Crippen LogP contribution in [0.5, 0.6) is 0 Å². The number of aromatic nitrogens is 4. The number of tetrazole rings is 1. The number of rotatable bonds is 7. The number of hydrogen-bond donors (Lipinski definition) is 1. The van der Waals surface area contributed by atoms with Gasteiger partial charge < -0.3 is 5.73 Å². The fourth-order valence-electron chi connectivity index (χ4n) is 2.66. The molecule has 0 aliphatic carbocycles. The van der Waals surface area contributed by atoms with Crippen LogP contribution in [0.25, 0.3) is 11.4 Å². The first-order valence-electron chi connectivity index (χ1n) is 8.79. The second kappa shape index (κ2) is 7.90. The highest BCUT2D eigenvalue weighted by atomic mass is 16.1. The van der Waals surface area contributed by atoms with Gasteiger partial charge in [0, 0.05) is 16.7 Å². The standard InChI is InChI=1S/C20H21N5O2/c1-3-13(2)14-4-6-15(7-5-14)18(26)12-25-23-20(22-24-25)17-10-8-16(9-11-17)19(21)27/h4-11,13H,3,12H2,1-2H3,(H2,21,27)/t13-/m1/s1. The van der Waals surface area contributed by atoms with Crippen LogP contribution in [0.2, 0.25) is 0 Å². The number of Topliss-reactive ketones (excluding diaryl/α,β-unsaturated/α-hetero) is 1. The summed E-state index contributed by atoms with van der Waals surface area (Å²) < 4.78 is 0. The predicted molar refractivity (Wildman–Crippen MR) is 101 cm³/mol. The van der Waals surface area contributed by atoms with Crippen molar-refractivity contribution in [2.45, 2.75) is 32.7 Å². The van der Waals surface area contributed by atoms with Crippen molar-refractivity contribution >= 4 is 11.7 Å². The van der Waals surface area contributed by atoms with Gasteiger partial charge in [0.15, 0.2) is 5.78 Å². The number of ketones is 1. The van der Waals surface area contributed by atoms with E-state index in [0.29, 0.717) is 28.4 Å². The number of nitrogens with two attached hydrogens (primary N) is 1. The van der Waals surface area contributed by atoms with Crippen LogP contribution in [0.1, 0.15) is 52.5 Å². The van der Waals surface area contributed by atoms with E-state index < -0.39 is 5.91 Å². The molecule has 0 unspecified atom stereocenters. The van der Waals surface area contributed by atoms with Crippen LogP contribution in [0.15, 0.2) is 48.5 Å². The second-order valence-electron chi connectivity index (χ2n) is 6.44. The fourth-order valence-corrected chi connectivity index (χ4v) is 2.66. The predicted octanol–water partition coefficient (Wildman–Crippen LogP) is 2.84. The van der Waals surface area contributed by atoms with Crippen LogP contribution >= 0.6 is 0 Å². The molecule has 0 saturated carbocycles. The van der Waals surface area contributed by atoms with Crippen LogP contribution in [0, 0.1) is 0 Å². The Labute approximate surface area is 157 Å². The third-order valence-corrected chi connectivity index (χ3v) is 4.58. The normalized spacial score (nSPS) is 11.9. The molecular formula is C20H21N5O2. The van der Waals surface area contributed by atoms with Crippen molar-refractivity contribution in [3.8, 4) is 11.4 Å². The zero-order valence-corrected chi connectivity index (χ0v) is 15.3. The lowest BCUT2D eigenvalue weighted by Crippen LogP contribution is -2.13. The van der Waals surface area contributed by atoms with Gasteiger partial charge in [0.25, 0.3) is 0 Å². The molecule has 1 atom stereocenters. The Morgan fingerprint density at radius 3 is 2.26 bits per heavy atom. The molecule has 2 aromatic carbocycles. The van der Waals surface area contributed by atoms with Crippen molar-refractivity contribution in [1.29, 1.82) is 0 Å². The maximum absolute atomic E-state index is 12.5. The Balaban J connectivity index is 1.69. The monoisotopic (exact) mass is 363 g/mol. The highest BCUT2D eigenvalue weighted by molar-refractivity contribution is 5.95. The zero-order chi connectivity index (χ0) is 19.4. The molecule has 0 spiro atoms. The summed E-state index contributed by atoms with van der Waals surface area (Å²) in [5.41, 5.74) is 8.16. The molecule has 7 heteroatoms. The van der Waals surface area contributed by atoms with E-state index >= 15 is 0 Å². The summed E-state index contributed by atoms with van der Waals surface area (Å²) in [4.78, 5) is 24.8. The van der Waals surface area contributed by atoms with E-state index in [0.717, 1.165) is 6.42 Å². The van der Waals surface area contributed by atoms with Crippen LogP contribution in [0.4, 0.5) is 0 Å². The average molecular weight is 363 g/mol. The molecule has 3 aromatic rings. The molecule has 0 bridgehead atoms. The molecule has 7 nitrogen and oxygen atoms in total. The van der Waals surface area contributed by atoms with Crippen LogP contribution in [0.3, 0.4) is 0 Å². The van der Waals surface area contributed by atoms with E-state index in [1.165, 1.54) is 10.4 Å². The number of nitrogens with zero attached hydrogens (tertiary/aromatic N) is 4. The van der Waals surface area contributed by atoms with E-state index in [4.69, 9.17) is 5.73 Å². The number of benzene rings is 2. The first-order chi connectivity index (χ1) is 13.0. The van der Waals surface area contributed by atoms with Gasteiger partial charge in [-0.3, -0.25) is 9.59 Å². The molecule has 1 amide bonds. The van der Waals surface area contributed by atoms with Crippen molar-refractivity contribution in [3.05, 3.63) is 65.2 Å². The van der Waals surface area contributed by atoms with Crippen LogP contribution in [-0.2, 0) is 6.54 Å². The van der Waals surface area contributed by atoms with Gasteiger partial charge in [0.1, 0.15) is 6.54 Å². The van der Waals surface area contributed by atoms with Gasteiger partial charge in [-0.05, 0) is 35.2 Å². The topological polar surface area (TPSA) is 104 Å². The molecular weight excluding hydrogens is 342 g/mol. The molecule has 0 aliphatic heterocycles. The van der Waals surface area contributed by atoms with E-state index in [1.807, 2.05) is 24.3 Å². The van der Waals surface area contributed by atoms with Gasteiger partial charge in [0.2, 0.25) is 11.7 Å². The van der Waals surface area contributed by atoms with Crippen LogP contribution < -0.4 is 5.73 Å². The van der Waals surface area contributed by atoms with Gasteiger partial charge >= 0.3 is 0 Å². The second-order valence-corrected chi connectivity index (χ2v) is 6.44. The largest absolute Gasteiger partial charge is 0.366 e. The Hall–Kier alpha value is -3.35. The van der Waals surface area contributed by atoms with Gasteiger partial charge in [-0.2, -0.15) is 4.80 Å². The molecule has 138 valence electrons. The molecule has 2 N–H and O–H groups in total. The maximum Gasteiger partial charge on any atom is 0.248 e. The highest BCUT2D eigenvalue weighted by Crippen LogP contribution is 2.19. The van der Waals surface area contributed by atoms with Gasteiger partial charge in [0.05, 0.1) is 0 Å². The lowest BCUT2D eigenvalue weighted by molar-refractivity contribution is 0.0959. The number of carbonyl (C=O) groups is 2. The molecule has 0 radical (unpaired) electrons. The Bertz CT molecular complexity index is 945. The molecule has 0 saturated heterocycles. The summed E-state index contributed by atoms with van der Waals surface area (Å²) in [6, 6.07) is 14.2. The Morgan fingerprint density at radius 1 is 1.04 bits per heavy atom. The maximum atomic E-state index is 12.5. The summed E-state index contributed by atoms with van der Waals surface area (Å²) in [5, 5.41) is 12.1. The van der Waals surface area contributed by atoms with Gasteiger partial charge in [-0.25, -0.2) is 0 Å².